The van der Waals surface area contributed by atoms with Crippen molar-refractivity contribution in [3.05, 3.63) is 35.0 Å². The van der Waals surface area contributed by atoms with Gasteiger partial charge in [0.25, 0.3) is 0 Å². The fourth-order valence-electron chi connectivity index (χ4n) is 2.71. The van der Waals surface area contributed by atoms with Gasteiger partial charge in [0.15, 0.2) is 5.69 Å². The smallest absolute Gasteiger partial charge is 0.154 e. The third-order valence-electron chi connectivity index (χ3n) is 3.57. The first-order valence-corrected chi connectivity index (χ1v) is 5.92. The molecule has 1 N–H and O–H groups in total. The molecule has 94 valence electrons. The number of H-pyrrole nitrogens is 1. The molecule has 3 aromatic rings. The van der Waals surface area contributed by atoms with Crippen molar-refractivity contribution in [3.8, 4) is 11.4 Å². The molecule has 1 aliphatic rings. The fourth-order valence-corrected chi connectivity index (χ4v) is 2.71. The van der Waals surface area contributed by atoms with E-state index in [9.17, 15) is 9.90 Å². The molecule has 0 aliphatic heterocycles. The number of aromatic carboxylic acids is 1. The van der Waals surface area contributed by atoms with Gasteiger partial charge in [-0.15, -0.1) is 0 Å². The van der Waals surface area contributed by atoms with Crippen LogP contribution in [0.5, 0.6) is 0 Å². The standard InChI is InChI=1S/C13H9N3O3/c17-13(18)8-3-1-2-6-7-4-5-9-12(16-19-15-9)11(7)14-10(6)8/h1-3,14H,4-5H2,(H,17,18)/p-1. The lowest BCUT2D eigenvalue weighted by atomic mass is 9.96. The Hall–Kier alpha value is -2.63. The molecule has 0 saturated heterocycles. The van der Waals surface area contributed by atoms with Gasteiger partial charge in [-0.05, 0) is 23.6 Å². The molecule has 1 aliphatic carbocycles. The van der Waals surface area contributed by atoms with Gasteiger partial charge in [0.1, 0.15) is 5.69 Å². The second-order valence-electron chi connectivity index (χ2n) is 4.55. The van der Waals surface area contributed by atoms with Crippen molar-refractivity contribution in [1.82, 2.24) is 15.3 Å². The number of benzene rings is 1. The highest BCUT2D eigenvalue weighted by molar-refractivity contribution is 6.04. The van der Waals surface area contributed by atoms with Crippen molar-refractivity contribution in [1.29, 1.82) is 0 Å². The van der Waals surface area contributed by atoms with E-state index >= 15 is 0 Å². The topological polar surface area (TPSA) is 94.8 Å². The molecule has 19 heavy (non-hydrogen) atoms. The number of hydrogen-bond acceptors (Lipinski definition) is 5. The highest BCUT2D eigenvalue weighted by Gasteiger charge is 2.25. The summed E-state index contributed by atoms with van der Waals surface area (Å²) in [5, 5.41) is 19.8. The Morgan fingerprint density at radius 1 is 1.32 bits per heavy atom. The van der Waals surface area contributed by atoms with Gasteiger partial charge in [-0.1, -0.05) is 23.4 Å². The molecule has 0 saturated carbocycles. The number of fused-ring (bicyclic) bond motifs is 5. The quantitative estimate of drug-likeness (QED) is 0.689. The Morgan fingerprint density at radius 2 is 2.21 bits per heavy atom. The second kappa shape index (κ2) is 3.44. The minimum Gasteiger partial charge on any atom is -0.545 e. The van der Waals surface area contributed by atoms with Crippen molar-refractivity contribution in [3.63, 3.8) is 0 Å². The number of aryl methyl sites for hydroxylation is 2. The van der Waals surface area contributed by atoms with Gasteiger partial charge in [-0.3, -0.25) is 0 Å². The second-order valence-corrected chi connectivity index (χ2v) is 4.55. The summed E-state index contributed by atoms with van der Waals surface area (Å²) >= 11 is 0. The van der Waals surface area contributed by atoms with Crippen LogP contribution in [0, 0.1) is 0 Å². The summed E-state index contributed by atoms with van der Waals surface area (Å²) in [6.45, 7) is 0. The largest absolute Gasteiger partial charge is 0.545 e. The van der Waals surface area contributed by atoms with Gasteiger partial charge in [0.2, 0.25) is 0 Å². The van der Waals surface area contributed by atoms with Crippen molar-refractivity contribution < 1.29 is 14.5 Å². The van der Waals surface area contributed by atoms with E-state index in [2.05, 4.69) is 15.3 Å². The predicted molar refractivity (Wildman–Crippen MR) is 63.3 cm³/mol. The summed E-state index contributed by atoms with van der Waals surface area (Å²) < 4.78 is 4.75. The van der Waals surface area contributed by atoms with E-state index in [0.717, 1.165) is 35.2 Å². The molecular weight excluding hydrogens is 246 g/mol. The van der Waals surface area contributed by atoms with E-state index in [0.29, 0.717) is 11.2 Å². The van der Waals surface area contributed by atoms with Gasteiger partial charge in [0.05, 0.1) is 17.2 Å². The molecule has 1 aromatic carbocycles. The van der Waals surface area contributed by atoms with E-state index in [1.807, 2.05) is 6.07 Å². The van der Waals surface area contributed by atoms with Crippen LogP contribution in [0.1, 0.15) is 21.6 Å². The SMILES string of the molecule is O=C([O-])c1cccc2c3c([nH]c12)-c1nonc1CC3. The van der Waals surface area contributed by atoms with Crippen molar-refractivity contribution in [2.75, 3.05) is 0 Å². The number of para-hydroxylation sites is 1. The first-order chi connectivity index (χ1) is 9.25. The van der Waals surface area contributed by atoms with Crippen LogP contribution in [0.25, 0.3) is 22.3 Å². The molecule has 2 aromatic heterocycles. The molecule has 0 radical (unpaired) electrons. The highest BCUT2D eigenvalue weighted by atomic mass is 16.6. The first kappa shape index (κ1) is 10.3. The third-order valence-corrected chi connectivity index (χ3v) is 3.57. The number of carboxylic acid groups (broad SMARTS) is 1. The average Bonchev–Trinajstić information content (AvgIpc) is 3.01. The van der Waals surface area contributed by atoms with Crippen LogP contribution in [-0.2, 0) is 12.8 Å². The van der Waals surface area contributed by atoms with E-state index in [1.54, 1.807) is 6.07 Å². The lowest BCUT2D eigenvalue weighted by Crippen LogP contribution is -2.22. The van der Waals surface area contributed by atoms with Crippen LogP contribution >= 0.6 is 0 Å². The molecule has 0 atom stereocenters. The van der Waals surface area contributed by atoms with Crippen molar-refractivity contribution in [2.24, 2.45) is 0 Å². The normalized spacial score (nSPS) is 13.3. The van der Waals surface area contributed by atoms with E-state index in [1.165, 1.54) is 6.07 Å². The van der Waals surface area contributed by atoms with Gasteiger partial charge < -0.3 is 14.9 Å². The van der Waals surface area contributed by atoms with Crippen molar-refractivity contribution in [2.45, 2.75) is 12.8 Å². The lowest BCUT2D eigenvalue weighted by molar-refractivity contribution is -0.254. The first-order valence-electron chi connectivity index (χ1n) is 5.92. The zero-order valence-corrected chi connectivity index (χ0v) is 9.77. The summed E-state index contributed by atoms with van der Waals surface area (Å²) in [5.74, 6) is -1.19. The van der Waals surface area contributed by atoms with Gasteiger partial charge in [0, 0.05) is 10.9 Å². The third kappa shape index (κ3) is 1.28. The number of aromatic amines is 1. The molecule has 0 bridgehead atoms. The summed E-state index contributed by atoms with van der Waals surface area (Å²) in [6.07, 6.45) is 1.53. The van der Waals surface area contributed by atoms with Crippen LogP contribution < -0.4 is 5.11 Å². The summed E-state index contributed by atoms with van der Waals surface area (Å²) in [5.41, 5.74) is 4.05. The zero-order chi connectivity index (χ0) is 13.0. The predicted octanol–water partition coefficient (Wildman–Crippen LogP) is 0.680. The molecule has 0 unspecified atom stereocenters. The van der Waals surface area contributed by atoms with Gasteiger partial charge >= 0.3 is 0 Å². The zero-order valence-electron chi connectivity index (χ0n) is 9.77. The fraction of sp³-hybridized carbons (Fsp3) is 0.154. The summed E-state index contributed by atoms with van der Waals surface area (Å²) in [6, 6.07) is 5.15. The summed E-state index contributed by atoms with van der Waals surface area (Å²) in [4.78, 5) is 14.3. The van der Waals surface area contributed by atoms with Crippen LogP contribution in [0.4, 0.5) is 0 Å². The molecule has 0 amide bonds. The Morgan fingerprint density at radius 3 is 3.05 bits per heavy atom. The van der Waals surface area contributed by atoms with Crippen LogP contribution in [0.2, 0.25) is 0 Å². The molecule has 0 spiro atoms. The number of nitrogens with zero attached hydrogens (tertiary/aromatic N) is 2. The maximum absolute atomic E-state index is 11.1. The molecular formula is C13H8N3O3-. The number of carbonyl (C=O) groups is 1. The monoisotopic (exact) mass is 254 g/mol. The molecule has 2 heterocycles. The van der Waals surface area contributed by atoms with E-state index in [4.69, 9.17) is 4.63 Å². The Labute approximate surface area is 107 Å². The Balaban J connectivity index is 2.10. The number of carboxylic acids is 1. The Bertz CT molecular complexity index is 816. The maximum atomic E-state index is 11.1. The highest BCUT2D eigenvalue weighted by Crippen LogP contribution is 2.36. The van der Waals surface area contributed by atoms with Crippen molar-refractivity contribution >= 4 is 16.9 Å². The number of hydrogen-bond donors (Lipinski definition) is 1. The minimum absolute atomic E-state index is 0.157. The van der Waals surface area contributed by atoms with Crippen LogP contribution in [0.15, 0.2) is 22.8 Å². The minimum atomic E-state index is -1.19. The van der Waals surface area contributed by atoms with Gasteiger partial charge in [-0.2, -0.15) is 0 Å². The maximum Gasteiger partial charge on any atom is 0.154 e. The molecule has 0 fully saturated rings. The summed E-state index contributed by atoms with van der Waals surface area (Å²) in [7, 11) is 0. The van der Waals surface area contributed by atoms with E-state index < -0.39 is 5.97 Å². The Kier molecular flexibility index (Phi) is 1.87. The number of rotatable bonds is 1. The average molecular weight is 254 g/mol. The molecule has 6 nitrogen and oxygen atoms in total. The lowest BCUT2D eigenvalue weighted by Gasteiger charge is -2.08. The number of carbonyl (C=O) groups excluding carboxylic acids is 1. The van der Waals surface area contributed by atoms with Crippen LogP contribution in [0.3, 0.4) is 0 Å². The van der Waals surface area contributed by atoms with E-state index in [-0.39, 0.29) is 5.56 Å². The molecule has 6 heteroatoms. The van der Waals surface area contributed by atoms with Crippen LogP contribution in [-0.4, -0.2) is 21.3 Å². The number of aromatic nitrogens is 3. The van der Waals surface area contributed by atoms with Gasteiger partial charge in [-0.25, -0.2) is 4.63 Å². The number of nitrogens with one attached hydrogen (secondary N) is 1. The molecule has 4 rings (SSSR count).